The third kappa shape index (κ3) is 5.19. The first-order valence-corrected chi connectivity index (χ1v) is 6.73. The van der Waals surface area contributed by atoms with E-state index in [0.29, 0.717) is 27.4 Å². The van der Waals surface area contributed by atoms with Gasteiger partial charge in [0, 0.05) is 25.7 Å². The van der Waals surface area contributed by atoms with Crippen molar-refractivity contribution in [3.63, 3.8) is 0 Å². The summed E-state index contributed by atoms with van der Waals surface area (Å²) in [5.41, 5.74) is 5.49. The molecular weight excluding hydrogens is 346 g/mol. The summed E-state index contributed by atoms with van der Waals surface area (Å²) >= 11 is 17.6. The van der Waals surface area contributed by atoms with Crippen LogP contribution in [0.2, 0.25) is 15.1 Å². The Hall–Kier alpha value is -0.390. The Kier molecular flexibility index (Phi) is 8.63. The van der Waals surface area contributed by atoms with Gasteiger partial charge in [0.25, 0.3) is 5.91 Å². The number of amides is 1. The van der Waals surface area contributed by atoms with E-state index in [-0.39, 0.29) is 31.0 Å². The summed E-state index contributed by atoms with van der Waals surface area (Å²) < 4.78 is 5.34. The number of benzene rings is 1. The van der Waals surface area contributed by atoms with E-state index in [1.165, 1.54) is 17.0 Å². The third-order valence-corrected chi connectivity index (χ3v) is 3.74. The summed E-state index contributed by atoms with van der Waals surface area (Å²) in [6.07, 6.45) is 0. The topological polar surface area (TPSA) is 55.6 Å². The second-order valence-corrected chi connectivity index (χ2v) is 5.30. The molecule has 1 atom stereocenters. The summed E-state index contributed by atoms with van der Waals surface area (Å²) in [5, 5.41) is 0.952. The van der Waals surface area contributed by atoms with Crippen molar-refractivity contribution in [2.45, 2.75) is 13.0 Å². The van der Waals surface area contributed by atoms with Crippen LogP contribution in [0.15, 0.2) is 12.1 Å². The molecule has 114 valence electrons. The fourth-order valence-electron chi connectivity index (χ4n) is 1.26. The summed E-state index contributed by atoms with van der Waals surface area (Å²) in [4.78, 5) is 13.3. The zero-order valence-corrected chi connectivity index (χ0v) is 14.1. The van der Waals surface area contributed by atoms with Gasteiger partial charge in [-0.05, 0) is 13.0 Å². The van der Waals surface area contributed by atoms with Crippen LogP contribution in [0.4, 0.5) is 0 Å². The van der Waals surface area contributed by atoms with E-state index in [2.05, 4.69) is 0 Å². The average Bonchev–Trinajstić information content (AvgIpc) is 2.39. The molecule has 8 heteroatoms. The quantitative estimate of drug-likeness (QED) is 0.819. The SMILES string of the molecule is CC(CN)N(C)C(=O)COc1cc(Cl)c(Cl)cc1Cl.Cl. The smallest absolute Gasteiger partial charge is 0.260 e. The number of ether oxygens (including phenoxy) is 1. The number of rotatable bonds is 5. The lowest BCUT2D eigenvalue weighted by atomic mass is 10.3. The van der Waals surface area contributed by atoms with Gasteiger partial charge in [-0.3, -0.25) is 4.79 Å². The van der Waals surface area contributed by atoms with E-state index < -0.39 is 0 Å². The Bertz CT molecular complexity index is 471. The number of hydrogen-bond donors (Lipinski definition) is 1. The minimum absolute atomic E-state index is 0. The Labute approximate surface area is 139 Å². The fourth-order valence-corrected chi connectivity index (χ4v) is 1.85. The van der Waals surface area contributed by atoms with Crippen LogP contribution in [-0.2, 0) is 4.79 Å². The lowest BCUT2D eigenvalue weighted by Crippen LogP contribution is -2.42. The number of nitrogens with zero attached hydrogens (tertiary/aromatic N) is 1. The molecule has 20 heavy (non-hydrogen) atoms. The highest BCUT2D eigenvalue weighted by Crippen LogP contribution is 2.33. The van der Waals surface area contributed by atoms with E-state index in [1.54, 1.807) is 7.05 Å². The maximum atomic E-state index is 11.8. The molecule has 2 N–H and O–H groups in total. The molecule has 0 aromatic heterocycles. The van der Waals surface area contributed by atoms with Gasteiger partial charge in [0.2, 0.25) is 0 Å². The molecule has 0 radical (unpaired) electrons. The van der Waals surface area contributed by atoms with Gasteiger partial charge in [0.05, 0.1) is 15.1 Å². The van der Waals surface area contributed by atoms with E-state index in [1.807, 2.05) is 6.92 Å². The molecule has 1 unspecified atom stereocenters. The van der Waals surface area contributed by atoms with Crippen LogP contribution in [0.5, 0.6) is 5.75 Å². The van der Waals surface area contributed by atoms with Crippen LogP contribution in [0.1, 0.15) is 6.92 Å². The van der Waals surface area contributed by atoms with Crippen molar-refractivity contribution in [3.05, 3.63) is 27.2 Å². The molecule has 1 aromatic carbocycles. The molecule has 0 saturated heterocycles. The van der Waals surface area contributed by atoms with Gasteiger partial charge in [-0.15, -0.1) is 12.4 Å². The molecular formula is C12H16Cl4N2O2. The first kappa shape index (κ1) is 19.6. The average molecular weight is 362 g/mol. The number of hydrogen-bond acceptors (Lipinski definition) is 3. The van der Waals surface area contributed by atoms with Gasteiger partial charge >= 0.3 is 0 Å². The summed E-state index contributed by atoms with van der Waals surface area (Å²) in [6, 6.07) is 2.89. The molecule has 0 saturated carbocycles. The molecule has 0 aliphatic rings. The van der Waals surface area contributed by atoms with Crippen molar-refractivity contribution in [3.8, 4) is 5.75 Å². The van der Waals surface area contributed by atoms with E-state index >= 15 is 0 Å². The predicted octanol–water partition coefficient (Wildman–Crippen LogP) is 3.25. The number of nitrogens with two attached hydrogens (primary N) is 1. The molecule has 0 spiro atoms. The molecule has 0 aliphatic carbocycles. The first-order valence-electron chi connectivity index (χ1n) is 5.59. The minimum atomic E-state index is -0.194. The molecule has 1 amide bonds. The Morgan fingerprint density at radius 1 is 1.30 bits per heavy atom. The zero-order chi connectivity index (χ0) is 14.6. The van der Waals surface area contributed by atoms with Crippen LogP contribution >= 0.6 is 47.2 Å². The lowest BCUT2D eigenvalue weighted by molar-refractivity contribution is -0.133. The second kappa shape index (κ2) is 8.80. The van der Waals surface area contributed by atoms with Crippen molar-refractivity contribution < 1.29 is 9.53 Å². The van der Waals surface area contributed by atoms with Crippen molar-refractivity contribution in [1.82, 2.24) is 4.90 Å². The second-order valence-electron chi connectivity index (χ2n) is 4.07. The highest BCUT2D eigenvalue weighted by atomic mass is 35.5. The zero-order valence-electron chi connectivity index (χ0n) is 11.0. The van der Waals surface area contributed by atoms with Gasteiger partial charge in [-0.1, -0.05) is 34.8 Å². The third-order valence-electron chi connectivity index (χ3n) is 2.72. The summed E-state index contributed by atoms with van der Waals surface area (Å²) in [6.45, 7) is 2.10. The largest absolute Gasteiger partial charge is 0.482 e. The van der Waals surface area contributed by atoms with Crippen LogP contribution < -0.4 is 10.5 Å². The number of carbonyl (C=O) groups is 1. The van der Waals surface area contributed by atoms with Crippen LogP contribution in [-0.4, -0.2) is 37.0 Å². The number of carbonyl (C=O) groups excluding carboxylic acids is 1. The monoisotopic (exact) mass is 360 g/mol. The maximum absolute atomic E-state index is 11.8. The van der Waals surface area contributed by atoms with Crippen LogP contribution in [0, 0.1) is 0 Å². The minimum Gasteiger partial charge on any atom is -0.482 e. The van der Waals surface area contributed by atoms with Gasteiger partial charge in [0.1, 0.15) is 5.75 Å². The standard InChI is InChI=1S/C12H15Cl3N2O2.ClH/c1-7(5-16)17(2)12(18)6-19-11-4-9(14)8(13)3-10(11)15;/h3-4,7H,5-6,16H2,1-2H3;1H. The number of halogens is 4. The van der Waals surface area contributed by atoms with E-state index in [0.717, 1.165) is 0 Å². The normalized spacial score (nSPS) is 11.5. The van der Waals surface area contributed by atoms with Gasteiger partial charge in [0.15, 0.2) is 6.61 Å². The molecule has 0 bridgehead atoms. The van der Waals surface area contributed by atoms with Gasteiger partial charge < -0.3 is 15.4 Å². The molecule has 0 heterocycles. The summed E-state index contributed by atoms with van der Waals surface area (Å²) in [5.74, 6) is 0.123. The van der Waals surface area contributed by atoms with Crippen LogP contribution in [0.25, 0.3) is 0 Å². The molecule has 1 rings (SSSR count). The predicted molar refractivity (Wildman–Crippen MR) is 85.5 cm³/mol. The molecule has 0 fully saturated rings. The Balaban J connectivity index is 0.00000361. The van der Waals surface area contributed by atoms with Crippen LogP contribution in [0.3, 0.4) is 0 Å². The highest BCUT2D eigenvalue weighted by molar-refractivity contribution is 6.43. The maximum Gasteiger partial charge on any atom is 0.260 e. The number of likely N-dealkylation sites (N-methyl/N-ethyl adjacent to an activating group) is 1. The van der Waals surface area contributed by atoms with E-state index in [9.17, 15) is 4.79 Å². The Morgan fingerprint density at radius 2 is 1.85 bits per heavy atom. The van der Waals surface area contributed by atoms with Crippen molar-refractivity contribution in [2.75, 3.05) is 20.2 Å². The fraction of sp³-hybridized carbons (Fsp3) is 0.417. The molecule has 0 aliphatic heterocycles. The van der Waals surface area contributed by atoms with E-state index in [4.69, 9.17) is 45.3 Å². The van der Waals surface area contributed by atoms with Gasteiger partial charge in [-0.25, -0.2) is 0 Å². The first-order chi connectivity index (χ1) is 8.86. The van der Waals surface area contributed by atoms with Gasteiger partial charge in [-0.2, -0.15) is 0 Å². The molecule has 1 aromatic rings. The van der Waals surface area contributed by atoms with Crippen molar-refractivity contribution in [2.24, 2.45) is 5.73 Å². The van der Waals surface area contributed by atoms with Crippen molar-refractivity contribution >= 4 is 53.1 Å². The Morgan fingerprint density at radius 3 is 2.40 bits per heavy atom. The molecule has 4 nitrogen and oxygen atoms in total. The highest BCUT2D eigenvalue weighted by Gasteiger charge is 2.16. The lowest BCUT2D eigenvalue weighted by Gasteiger charge is -2.23. The summed E-state index contributed by atoms with van der Waals surface area (Å²) in [7, 11) is 1.67. The van der Waals surface area contributed by atoms with Crippen molar-refractivity contribution in [1.29, 1.82) is 0 Å².